The Kier molecular flexibility index (Phi) is 7.21. The van der Waals surface area contributed by atoms with E-state index < -0.39 is 12.8 Å². The van der Waals surface area contributed by atoms with Gasteiger partial charge in [0, 0.05) is 23.9 Å². The van der Waals surface area contributed by atoms with Crippen molar-refractivity contribution in [2.24, 2.45) is 0 Å². The van der Waals surface area contributed by atoms with Crippen LogP contribution in [-0.4, -0.2) is 39.2 Å². The molecule has 1 heterocycles. The van der Waals surface area contributed by atoms with Crippen LogP contribution in [0, 0.1) is 6.92 Å². The van der Waals surface area contributed by atoms with Crippen molar-refractivity contribution in [1.82, 2.24) is 14.8 Å². The number of nitrogens with zero attached hydrogens (tertiary/aromatic N) is 3. The van der Waals surface area contributed by atoms with E-state index in [0.717, 1.165) is 17.0 Å². The van der Waals surface area contributed by atoms with Gasteiger partial charge in [0.15, 0.2) is 17.6 Å². The zero-order chi connectivity index (χ0) is 22.4. The summed E-state index contributed by atoms with van der Waals surface area (Å²) in [7, 11) is 0. The molecule has 3 rings (SSSR count). The van der Waals surface area contributed by atoms with E-state index >= 15 is 0 Å². The number of rotatable bonds is 8. The molecule has 0 unspecified atom stereocenters. The van der Waals surface area contributed by atoms with Crippen LogP contribution in [0.4, 0.5) is 18.9 Å². The monoisotopic (exact) mass is 450 g/mol. The van der Waals surface area contributed by atoms with Crippen LogP contribution in [0.1, 0.15) is 12.5 Å². The SMILES string of the molecule is CCn1c(SCC(=O)Nc2cccc(OCC(F)(F)F)c2)nnc1-c1ccccc1C. The largest absolute Gasteiger partial charge is 0.484 e. The van der Waals surface area contributed by atoms with Gasteiger partial charge in [-0.1, -0.05) is 42.1 Å². The molecule has 0 saturated heterocycles. The number of carbonyl (C=O) groups excluding carboxylic acids is 1. The van der Waals surface area contributed by atoms with Crippen molar-refractivity contribution < 1.29 is 22.7 Å². The average Bonchev–Trinajstić information content (AvgIpc) is 3.13. The molecule has 1 amide bonds. The van der Waals surface area contributed by atoms with Crippen molar-refractivity contribution in [2.45, 2.75) is 31.7 Å². The lowest BCUT2D eigenvalue weighted by molar-refractivity contribution is -0.153. The molecule has 31 heavy (non-hydrogen) atoms. The molecule has 0 aliphatic carbocycles. The number of aromatic nitrogens is 3. The Morgan fingerprint density at radius 1 is 1.16 bits per heavy atom. The predicted octanol–water partition coefficient (Wildman–Crippen LogP) is 4.95. The Morgan fingerprint density at radius 2 is 1.94 bits per heavy atom. The van der Waals surface area contributed by atoms with E-state index in [-0.39, 0.29) is 17.4 Å². The Morgan fingerprint density at radius 3 is 2.65 bits per heavy atom. The molecule has 0 aliphatic rings. The van der Waals surface area contributed by atoms with Gasteiger partial charge in [-0.05, 0) is 31.5 Å². The van der Waals surface area contributed by atoms with Crippen LogP contribution in [-0.2, 0) is 11.3 Å². The molecule has 1 N–H and O–H groups in total. The van der Waals surface area contributed by atoms with Gasteiger partial charge in [0.25, 0.3) is 0 Å². The Labute approximate surface area is 181 Å². The van der Waals surface area contributed by atoms with Crippen LogP contribution >= 0.6 is 11.8 Å². The topological polar surface area (TPSA) is 69.0 Å². The van der Waals surface area contributed by atoms with Crippen LogP contribution in [0.2, 0.25) is 0 Å². The maximum absolute atomic E-state index is 12.3. The number of nitrogens with one attached hydrogen (secondary N) is 1. The normalized spacial score (nSPS) is 11.4. The fourth-order valence-electron chi connectivity index (χ4n) is 2.86. The Hall–Kier alpha value is -3.01. The third kappa shape index (κ3) is 6.24. The molecule has 10 heteroatoms. The third-order valence-electron chi connectivity index (χ3n) is 4.27. The van der Waals surface area contributed by atoms with Gasteiger partial charge in [0.1, 0.15) is 5.75 Å². The van der Waals surface area contributed by atoms with Gasteiger partial charge >= 0.3 is 6.18 Å². The number of benzene rings is 2. The van der Waals surface area contributed by atoms with Gasteiger partial charge in [-0.3, -0.25) is 4.79 Å². The van der Waals surface area contributed by atoms with Gasteiger partial charge in [0.05, 0.1) is 5.75 Å². The smallest absolute Gasteiger partial charge is 0.422 e. The van der Waals surface area contributed by atoms with E-state index in [4.69, 9.17) is 4.74 Å². The number of halogens is 3. The summed E-state index contributed by atoms with van der Waals surface area (Å²) in [5.74, 6) is 0.509. The molecule has 0 fully saturated rings. The number of hydrogen-bond donors (Lipinski definition) is 1. The van der Waals surface area contributed by atoms with Gasteiger partial charge < -0.3 is 14.6 Å². The van der Waals surface area contributed by atoms with Crippen LogP contribution in [0.15, 0.2) is 53.7 Å². The highest BCUT2D eigenvalue weighted by Crippen LogP contribution is 2.26. The summed E-state index contributed by atoms with van der Waals surface area (Å²) in [6.07, 6.45) is -4.43. The molecule has 0 spiro atoms. The number of anilines is 1. The van der Waals surface area contributed by atoms with Crippen molar-refractivity contribution in [3.8, 4) is 17.1 Å². The lowest BCUT2D eigenvalue weighted by atomic mass is 10.1. The molecule has 0 aliphatic heterocycles. The fraction of sp³-hybridized carbons (Fsp3) is 0.286. The number of amides is 1. The van der Waals surface area contributed by atoms with Crippen LogP contribution in [0.5, 0.6) is 5.75 Å². The molecule has 6 nitrogen and oxygen atoms in total. The van der Waals surface area contributed by atoms with Gasteiger partial charge in [-0.15, -0.1) is 10.2 Å². The molecule has 2 aromatic carbocycles. The number of alkyl halides is 3. The van der Waals surface area contributed by atoms with Crippen molar-refractivity contribution in [2.75, 3.05) is 17.7 Å². The Balaban J connectivity index is 1.62. The van der Waals surface area contributed by atoms with Crippen molar-refractivity contribution in [3.63, 3.8) is 0 Å². The van der Waals surface area contributed by atoms with E-state index in [2.05, 4.69) is 15.5 Å². The molecule has 0 saturated carbocycles. The molecular formula is C21H21F3N4O2S. The summed E-state index contributed by atoms with van der Waals surface area (Å²) in [6, 6.07) is 13.7. The van der Waals surface area contributed by atoms with Gasteiger partial charge in [-0.2, -0.15) is 13.2 Å². The summed E-state index contributed by atoms with van der Waals surface area (Å²) in [5.41, 5.74) is 2.40. The number of ether oxygens (including phenoxy) is 1. The molecule has 1 aromatic heterocycles. The lowest BCUT2D eigenvalue weighted by Crippen LogP contribution is -2.19. The standard InChI is InChI=1S/C21H21F3N4O2S/c1-3-28-19(17-10-5-4-7-14(17)2)26-27-20(28)31-12-18(29)25-15-8-6-9-16(11-15)30-13-21(22,23)24/h4-11H,3,12-13H2,1-2H3,(H,25,29). The first-order valence-electron chi connectivity index (χ1n) is 9.48. The minimum atomic E-state index is -4.43. The zero-order valence-corrected chi connectivity index (χ0v) is 17.8. The second-order valence-corrected chi connectivity index (χ2v) is 7.58. The fourth-order valence-corrected chi connectivity index (χ4v) is 3.66. The average molecular weight is 450 g/mol. The summed E-state index contributed by atoms with van der Waals surface area (Å²) in [6.45, 7) is 3.22. The first kappa shape index (κ1) is 22.7. The summed E-state index contributed by atoms with van der Waals surface area (Å²) < 4.78 is 43.5. The summed E-state index contributed by atoms with van der Waals surface area (Å²) >= 11 is 1.24. The number of carbonyl (C=O) groups is 1. The summed E-state index contributed by atoms with van der Waals surface area (Å²) in [5, 5.41) is 11.8. The summed E-state index contributed by atoms with van der Waals surface area (Å²) in [4.78, 5) is 12.3. The van der Waals surface area contributed by atoms with Gasteiger partial charge in [0.2, 0.25) is 5.91 Å². The number of thioether (sulfide) groups is 1. The Bertz CT molecular complexity index is 1050. The third-order valence-corrected chi connectivity index (χ3v) is 5.24. The highest BCUT2D eigenvalue weighted by molar-refractivity contribution is 7.99. The maximum Gasteiger partial charge on any atom is 0.422 e. The molecule has 0 radical (unpaired) electrons. The second kappa shape index (κ2) is 9.86. The highest BCUT2D eigenvalue weighted by Gasteiger charge is 2.28. The van der Waals surface area contributed by atoms with E-state index in [9.17, 15) is 18.0 Å². The van der Waals surface area contributed by atoms with Crippen molar-refractivity contribution >= 4 is 23.4 Å². The first-order valence-corrected chi connectivity index (χ1v) is 10.5. The second-order valence-electron chi connectivity index (χ2n) is 6.63. The quantitative estimate of drug-likeness (QED) is 0.492. The predicted molar refractivity (Wildman–Crippen MR) is 113 cm³/mol. The number of aryl methyl sites for hydroxylation is 1. The maximum atomic E-state index is 12.3. The molecule has 3 aromatic rings. The zero-order valence-electron chi connectivity index (χ0n) is 16.9. The van der Waals surface area contributed by atoms with Crippen molar-refractivity contribution in [3.05, 3.63) is 54.1 Å². The highest BCUT2D eigenvalue weighted by atomic mass is 32.2. The molecule has 0 bridgehead atoms. The first-order chi connectivity index (χ1) is 14.8. The minimum absolute atomic E-state index is 0.0244. The van der Waals surface area contributed by atoms with E-state index in [1.807, 2.05) is 42.7 Å². The van der Waals surface area contributed by atoms with E-state index in [0.29, 0.717) is 17.4 Å². The van der Waals surface area contributed by atoms with Crippen LogP contribution in [0.3, 0.4) is 0 Å². The molecular weight excluding hydrogens is 429 g/mol. The van der Waals surface area contributed by atoms with Crippen LogP contribution < -0.4 is 10.1 Å². The van der Waals surface area contributed by atoms with E-state index in [1.165, 1.54) is 30.0 Å². The lowest BCUT2D eigenvalue weighted by Gasteiger charge is -2.11. The minimum Gasteiger partial charge on any atom is -0.484 e. The van der Waals surface area contributed by atoms with E-state index in [1.54, 1.807) is 6.07 Å². The van der Waals surface area contributed by atoms with Gasteiger partial charge in [-0.25, -0.2) is 0 Å². The van der Waals surface area contributed by atoms with Crippen molar-refractivity contribution in [1.29, 1.82) is 0 Å². The molecule has 164 valence electrons. The number of hydrogen-bond acceptors (Lipinski definition) is 5. The molecule has 0 atom stereocenters. The van der Waals surface area contributed by atoms with Crippen LogP contribution in [0.25, 0.3) is 11.4 Å².